The minimum absolute atomic E-state index is 0.00961. The maximum Gasteiger partial charge on any atom is 0.329 e. The van der Waals surface area contributed by atoms with Crippen molar-refractivity contribution in [3.8, 4) is 0 Å². The normalized spacial score (nSPS) is 18.4. The number of nitrogens with zero attached hydrogens (tertiary/aromatic N) is 4. The van der Waals surface area contributed by atoms with E-state index >= 15 is 0 Å². The topological polar surface area (TPSA) is 209 Å². The lowest BCUT2D eigenvalue weighted by Crippen LogP contribution is -2.49. The van der Waals surface area contributed by atoms with Gasteiger partial charge < -0.3 is 30.3 Å². The molecule has 1 rings (SSSR count). The molecule has 0 aromatic rings. The van der Waals surface area contributed by atoms with Crippen LogP contribution in [0.15, 0.2) is 0 Å². The molecule has 1 saturated heterocycles. The summed E-state index contributed by atoms with van der Waals surface area (Å²) in [6, 6.07) is 0. The zero-order valence-electron chi connectivity index (χ0n) is 20.9. The average Bonchev–Trinajstić information content (AvgIpc) is 2.78. The Labute approximate surface area is 214 Å². The van der Waals surface area contributed by atoms with Gasteiger partial charge in [0, 0.05) is 65.3 Å². The molecule has 0 amide bonds. The van der Waals surface area contributed by atoms with E-state index in [2.05, 4.69) is 0 Å². The van der Waals surface area contributed by atoms with Crippen LogP contribution >= 0.6 is 0 Å². The van der Waals surface area contributed by atoms with E-state index in [4.69, 9.17) is 9.84 Å². The van der Waals surface area contributed by atoms with E-state index < -0.39 is 36.6 Å². The Morgan fingerprint density at radius 2 is 0.973 bits per heavy atom. The fourth-order valence-corrected chi connectivity index (χ4v) is 3.85. The molecular formula is C22H38N4O11. The largest absolute Gasteiger partial charge is 0.480 e. The second kappa shape index (κ2) is 17.7. The van der Waals surface area contributed by atoms with Crippen molar-refractivity contribution in [3.63, 3.8) is 0 Å². The van der Waals surface area contributed by atoms with Gasteiger partial charge in [-0.05, 0) is 6.42 Å². The predicted octanol–water partition coefficient (Wildman–Crippen LogP) is -2.73. The molecule has 0 spiro atoms. The van der Waals surface area contributed by atoms with Gasteiger partial charge in [0.1, 0.15) is 13.2 Å². The number of aliphatic hydroxyl groups is 1. The molecule has 1 fully saturated rings. The summed E-state index contributed by atoms with van der Waals surface area (Å²) in [5, 5.41) is 46.8. The third-order valence-corrected chi connectivity index (χ3v) is 5.72. The summed E-state index contributed by atoms with van der Waals surface area (Å²) in [6.45, 7) is 0.994. The summed E-state index contributed by atoms with van der Waals surface area (Å²) in [4.78, 5) is 63.1. The number of carbonyl (C=O) groups is 5. The molecular weight excluding hydrogens is 496 g/mol. The monoisotopic (exact) mass is 534 g/mol. The quantitative estimate of drug-likeness (QED) is 0.144. The summed E-state index contributed by atoms with van der Waals surface area (Å²) in [5.74, 6) is -4.63. The number of aliphatic carboxylic acids is 4. The van der Waals surface area contributed by atoms with Gasteiger partial charge in [0.2, 0.25) is 0 Å². The Kier molecular flexibility index (Phi) is 15.5. The molecule has 1 aliphatic heterocycles. The zero-order valence-corrected chi connectivity index (χ0v) is 20.9. The summed E-state index contributed by atoms with van der Waals surface area (Å²) in [6.07, 6.45) is -0.791. The van der Waals surface area contributed by atoms with E-state index in [1.54, 1.807) is 14.7 Å². The molecule has 1 atom stereocenters. The van der Waals surface area contributed by atoms with Gasteiger partial charge in [-0.25, -0.2) is 4.79 Å². The fraction of sp³-hybridized carbons (Fsp3) is 0.773. The summed E-state index contributed by atoms with van der Waals surface area (Å²) in [5.41, 5.74) is 0. The molecule has 0 saturated carbocycles. The van der Waals surface area contributed by atoms with Gasteiger partial charge in [-0.2, -0.15) is 0 Å². The van der Waals surface area contributed by atoms with Gasteiger partial charge >= 0.3 is 23.9 Å². The molecule has 15 heteroatoms. The van der Waals surface area contributed by atoms with E-state index in [0.29, 0.717) is 39.3 Å². The first-order valence-corrected chi connectivity index (χ1v) is 12.0. The van der Waals surface area contributed by atoms with E-state index in [1.165, 1.54) is 0 Å². The number of rotatable bonds is 15. The minimum atomic E-state index is -1.19. The lowest BCUT2D eigenvalue weighted by molar-refractivity contribution is -0.143. The fourth-order valence-electron chi connectivity index (χ4n) is 3.85. The first-order chi connectivity index (χ1) is 17.4. The van der Waals surface area contributed by atoms with Gasteiger partial charge in [-0.1, -0.05) is 0 Å². The molecule has 0 radical (unpaired) electrons. The smallest absolute Gasteiger partial charge is 0.329 e. The van der Waals surface area contributed by atoms with Crippen LogP contribution < -0.4 is 0 Å². The molecule has 1 aliphatic rings. The highest BCUT2D eigenvalue weighted by Crippen LogP contribution is 2.05. The number of aliphatic hydroxyl groups excluding tert-OH is 1. The van der Waals surface area contributed by atoms with Gasteiger partial charge in [0.25, 0.3) is 0 Å². The Morgan fingerprint density at radius 3 is 1.32 bits per heavy atom. The molecule has 1 unspecified atom stereocenters. The molecule has 0 aromatic carbocycles. The molecule has 15 nitrogen and oxygen atoms in total. The molecule has 0 bridgehead atoms. The maximum absolute atomic E-state index is 11.9. The third-order valence-electron chi connectivity index (χ3n) is 5.72. The first-order valence-electron chi connectivity index (χ1n) is 12.0. The molecule has 0 aliphatic carbocycles. The van der Waals surface area contributed by atoms with Crippen molar-refractivity contribution in [2.45, 2.75) is 18.9 Å². The highest BCUT2D eigenvalue weighted by Gasteiger charge is 2.21. The number of ketones is 1. The molecule has 212 valence electrons. The van der Waals surface area contributed by atoms with Crippen molar-refractivity contribution in [2.75, 3.05) is 91.8 Å². The second-order valence-corrected chi connectivity index (χ2v) is 8.93. The van der Waals surface area contributed by atoms with Crippen molar-refractivity contribution in [1.82, 2.24) is 19.6 Å². The molecule has 5 N–H and O–H groups in total. The van der Waals surface area contributed by atoms with E-state index in [9.17, 15) is 44.4 Å². The van der Waals surface area contributed by atoms with Crippen molar-refractivity contribution < 1.29 is 54.2 Å². The van der Waals surface area contributed by atoms with Crippen LogP contribution in [0.2, 0.25) is 0 Å². The minimum Gasteiger partial charge on any atom is -0.480 e. The van der Waals surface area contributed by atoms with Gasteiger partial charge in [-0.15, -0.1) is 0 Å². The van der Waals surface area contributed by atoms with Gasteiger partial charge in [0.05, 0.1) is 25.7 Å². The van der Waals surface area contributed by atoms with Crippen LogP contribution in [0.5, 0.6) is 0 Å². The van der Waals surface area contributed by atoms with E-state index in [1.807, 2.05) is 4.90 Å². The standard InChI is InChI=1S/C22H38N4O11/c27-17(1-2-18(28)15-37-16-22(35)36)11-23-3-5-24(12-19(29)30)7-9-26(14-21(33)34)10-8-25(6-4-23)13-20(31)32/h17,27H,1-16H2,(H,29,30)(H,31,32)(H,33,34)(H,35,36). The van der Waals surface area contributed by atoms with Crippen molar-refractivity contribution >= 4 is 29.7 Å². The zero-order chi connectivity index (χ0) is 27.8. The van der Waals surface area contributed by atoms with Crippen LogP contribution in [-0.2, 0) is 28.7 Å². The second-order valence-electron chi connectivity index (χ2n) is 8.93. The number of carbonyl (C=O) groups excluding carboxylic acids is 1. The number of hydrogen-bond acceptors (Lipinski definition) is 11. The summed E-state index contributed by atoms with van der Waals surface area (Å²) >= 11 is 0. The van der Waals surface area contributed by atoms with Crippen molar-refractivity contribution in [3.05, 3.63) is 0 Å². The third kappa shape index (κ3) is 16.6. The number of β-amino-alcohol motifs (C(OH)–C–C–N with tert-alkyl or cyclic N) is 1. The summed E-state index contributed by atoms with van der Waals surface area (Å²) < 4.78 is 4.75. The molecule has 0 aromatic heterocycles. The van der Waals surface area contributed by atoms with Crippen LogP contribution in [0.1, 0.15) is 12.8 Å². The van der Waals surface area contributed by atoms with E-state index in [0.717, 1.165) is 0 Å². The van der Waals surface area contributed by atoms with Crippen LogP contribution in [0.25, 0.3) is 0 Å². The van der Waals surface area contributed by atoms with Crippen LogP contribution in [0.3, 0.4) is 0 Å². The van der Waals surface area contributed by atoms with E-state index in [-0.39, 0.29) is 64.5 Å². The number of hydrogen-bond donors (Lipinski definition) is 5. The summed E-state index contributed by atoms with van der Waals surface area (Å²) in [7, 11) is 0. The van der Waals surface area contributed by atoms with Crippen LogP contribution in [0.4, 0.5) is 0 Å². The SMILES string of the molecule is O=C(O)COCC(=O)CCC(O)CN1CCN(CC(=O)O)CCN(CC(=O)O)CCN(CC(=O)O)CC1. The maximum atomic E-state index is 11.9. The van der Waals surface area contributed by atoms with Crippen molar-refractivity contribution in [2.24, 2.45) is 0 Å². The van der Waals surface area contributed by atoms with Crippen LogP contribution in [0, 0.1) is 0 Å². The molecule has 1 heterocycles. The lowest BCUT2D eigenvalue weighted by atomic mass is 10.1. The Morgan fingerprint density at radius 1 is 0.595 bits per heavy atom. The Balaban J connectivity index is 2.81. The van der Waals surface area contributed by atoms with Crippen molar-refractivity contribution in [1.29, 1.82) is 0 Å². The Hall–Kier alpha value is -2.69. The number of ether oxygens (including phenoxy) is 1. The Bertz CT molecular complexity index is 735. The first kappa shape index (κ1) is 32.3. The molecule has 37 heavy (non-hydrogen) atoms. The average molecular weight is 535 g/mol. The van der Waals surface area contributed by atoms with Crippen LogP contribution in [-0.4, -0.2) is 173 Å². The number of Topliss-reactive ketones (excluding diaryl/α,β-unsaturated/α-hetero) is 1. The highest BCUT2D eigenvalue weighted by molar-refractivity contribution is 5.80. The predicted molar refractivity (Wildman–Crippen MR) is 127 cm³/mol. The highest BCUT2D eigenvalue weighted by atomic mass is 16.5. The number of carboxylic acid groups (broad SMARTS) is 4. The number of carboxylic acids is 4. The van der Waals surface area contributed by atoms with Gasteiger partial charge in [0.15, 0.2) is 5.78 Å². The van der Waals surface area contributed by atoms with Gasteiger partial charge in [-0.3, -0.25) is 38.8 Å². The lowest BCUT2D eigenvalue weighted by Gasteiger charge is -2.33.